The number of carbonyl (C=O) groups excluding carboxylic acids is 1. The van der Waals surface area contributed by atoms with Gasteiger partial charge in [-0.05, 0) is 35.1 Å². The highest BCUT2D eigenvalue weighted by molar-refractivity contribution is 6.01. The van der Waals surface area contributed by atoms with E-state index < -0.39 is 5.41 Å². The van der Waals surface area contributed by atoms with E-state index in [1.807, 2.05) is 0 Å². The minimum absolute atomic E-state index is 0.325. The SMILES string of the molecule is CCCCCCCCC(=O)C1(COCCCCC)c2ccccc2-c2ccccc21. The Morgan fingerprint density at radius 1 is 0.733 bits per heavy atom. The van der Waals surface area contributed by atoms with Crippen LogP contribution in [0.2, 0.25) is 0 Å². The number of Topliss-reactive ketones (excluding diaryl/α,β-unsaturated/α-hetero) is 1. The lowest BCUT2D eigenvalue weighted by Gasteiger charge is -2.30. The summed E-state index contributed by atoms with van der Waals surface area (Å²) in [6, 6.07) is 16.9. The molecule has 0 aromatic heterocycles. The van der Waals surface area contributed by atoms with Gasteiger partial charge in [-0.2, -0.15) is 0 Å². The Kier molecular flexibility index (Phi) is 8.69. The van der Waals surface area contributed by atoms with Gasteiger partial charge in [0.2, 0.25) is 0 Å². The molecule has 162 valence electrons. The van der Waals surface area contributed by atoms with Crippen LogP contribution in [0.5, 0.6) is 0 Å². The van der Waals surface area contributed by atoms with Crippen LogP contribution < -0.4 is 0 Å². The normalized spacial score (nSPS) is 13.8. The van der Waals surface area contributed by atoms with Crippen LogP contribution in [0.25, 0.3) is 11.1 Å². The number of hydrogen-bond donors (Lipinski definition) is 0. The molecule has 1 aliphatic carbocycles. The molecule has 2 aromatic carbocycles. The molecule has 0 radical (unpaired) electrons. The molecule has 0 amide bonds. The summed E-state index contributed by atoms with van der Waals surface area (Å²) in [4.78, 5) is 13.8. The molecular weight excluding hydrogens is 368 g/mol. The highest BCUT2D eigenvalue weighted by atomic mass is 16.5. The highest BCUT2D eigenvalue weighted by Crippen LogP contribution is 2.50. The number of rotatable bonds is 14. The lowest BCUT2D eigenvalue weighted by Crippen LogP contribution is -2.40. The van der Waals surface area contributed by atoms with Crippen LogP contribution in [0, 0.1) is 0 Å². The zero-order valence-electron chi connectivity index (χ0n) is 18.9. The average molecular weight is 407 g/mol. The first-order chi connectivity index (χ1) is 14.8. The molecule has 0 N–H and O–H groups in total. The smallest absolute Gasteiger partial charge is 0.150 e. The Balaban J connectivity index is 1.83. The van der Waals surface area contributed by atoms with Gasteiger partial charge in [-0.15, -0.1) is 0 Å². The van der Waals surface area contributed by atoms with Gasteiger partial charge >= 0.3 is 0 Å². The van der Waals surface area contributed by atoms with Crippen molar-refractivity contribution >= 4 is 5.78 Å². The molecule has 1 aliphatic rings. The summed E-state index contributed by atoms with van der Waals surface area (Å²) >= 11 is 0. The standard InChI is InChI=1S/C28H38O2/c1-3-5-7-8-9-10-20-27(29)28(22-30-21-15-6-4-2)25-18-13-11-16-23(25)24-17-12-14-19-26(24)28/h11-14,16-19H,3-10,15,20-22H2,1-2H3. The molecule has 2 heteroatoms. The number of hydrogen-bond acceptors (Lipinski definition) is 2. The average Bonchev–Trinajstić information content (AvgIpc) is 3.07. The molecule has 0 spiro atoms. The maximum atomic E-state index is 13.8. The summed E-state index contributed by atoms with van der Waals surface area (Å²) < 4.78 is 6.20. The predicted octanol–water partition coefficient (Wildman–Crippen LogP) is 7.48. The molecule has 0 heterocycles. The van der Waals surface area contributed by atoms with Gasteiger partial charge in [-0.3, -0.25) is 4.79 Å². The molecule has 2 aromatic rings. The number of ketones is 1. The Bertz CT molecular complexity index is 762. The van der Waals surface area contributed by atoms with Crippen molar-refractivity contribution in [2.45, 2.75) is 83.5 Å². The van der Waals surface area contributed by atoms with Crippen LogP contribution in [-0.2, 0) is 14.9 Å². The molecule has 0 aliphatic heterocycles. The van der Waals surface area contributed by atoms with Crippen molar-refractivity contribution in [3.05, 3.63) is 59.7 Å². The van der Waals surface area contributed by atoms with Crippen LogP contribution in [0.15, 0.2) is 48.5 Å². The van der Waals surface area contributed by atoms with Gasteiger partial charge in [-0.25, -0.2) is 0 Å². The summed E-state index contributed by atoms with van der Waals surface area (Å²) in [5.74, 6) is 0.325. The van der Waals surface area contributed by atoms with Crippen molar-refractivity contribution in [2.75, 3.05) is 13.2 Å². The molecule has 3 rings (SSSR count). The third-order valence-electron chi connectivity index (χ3n) is 6.51. The van der Waals surface area contributed by atoms with Crippen molar-refractivity contribution in [1.82, 2.24) is 0 Å². The predicted molar refractivity (Wildman–Crippen MR) is 126 cm³/mol. The van der Waals surface area contributed by atoms with Crippen molar-refractivity contribution in [3.63, 3.8) is 0 Å². The first-order valence-corrected chi connectivity index (χ1v) is 12.1. The van der Waals surface area contributed by atoms with Crippen LogP contribution in [0.3, 0.4) is 0 Å². The van der Waals surface area contributed by atoms with Crippen molar-refractivity contribution in [1.29, 1.82) is 0 Å². The number of carbonyl (C=O) groups is 1. The monoisotopic (exact) mass is 406 g/mol. The van der Waals surface area contributed by atoms with E-state index in [9.17, 15) is 4.79 Å². The molecule has 0 atom stereocenters. The van der Waals surface area contributed by atoms with Gasteiger partial charge in [0.05, 0.1) is 6.61 Å². The van der Waals surface area contributed by atoms with Crippen LogP contribution in [0.1, 0.15) is 89.2 Å². The van der Waals surface area contributed by atoms with E-state index in [0.717, 1.165) is 37.0 Å². The van der Waals surface area contributed by atoms with Gasteiger partial charge in [0.25, 0.3) is 0 Å². The molecule has 0 saturated carbocycles. The van der Waals surface area contributed by atoms with E-state index in [1.165, 1.54) is 49.7 Å². The fourth-order valence-corrected chi connectivity index (χ4v) is 4.82. The fraction of sp³-hybridized carbons (Fsp3) is 0.536. The molecule has 0 bridgehead atoms. The minimum atomic E-state index is -0.650. The van der Waals surface area contributed by atoms with E-state index in [2.05, 4.69) is 62.4 Å². The van der Waals surface area contributed by atoms with Gasteiger partial charge in [0.15, 0.2) is 0 Å². The summed E-state index contributed by atoms with van der Waals surface area (Å²) in [5.41, 5.74) is 4.02. The van der Waals surface area contributed by atoms with Gasteiger partial charge in [0.1, 0.15) is 11.2 Å². The second kappa shape index (κ2) is 11.5. The zero-order valence-corrected chi connectivity index (χ0v) is 18.9. The molecule has 0 fully saturated rings. The minimum Gasteiger partial charge on any atom is -0.380 e. The largest absolute Gasteiger partial charge is 0.380 e. The quantitative estimate of drug-likeness (QED) is 0.304. The molecule has 2 nitrogen and oxygen atoms in total. The highest BCUT2D eigenvalue weighted by Gasteiger charge is 2.48. The Morgan fingerprint density at radius 2 is 1.27 bits per heavy atom. The molecule has 0 unspecified atom stereocenters. The van der Waals surface area contributed by atoms with Crippen LogP contribution in [0.4, 0.5) is 0 Å². The van der Waals surface area contributed by atoms with Gasteiger partial charge in [-0.1, -0.05) is 107 Å². The van der Waals surface area contributed by atoms with Crippen molar-refractivity contribution in [3.8, 4) is 11.1 Å². The number of unbranched alkanes of at least 4 members (excludes halogenated alkanes) is 7. The fourth-order valence-electron chi connectivity index (χ4n) is 4.82. The van der Waals surface area contributed by atoms with E-state index in [4.69, 9.17) is 4.74 Å². The molecular formula is C28H38O2. The third kappa shape index (κ3) is 4.86. The summed E-state index contributed by atoms with van der Waals surface area (Å²) in [7, 11) is 0. The second-order valence-electron chi connectivity index (χ2n) is 8.70. The van der Waals surface area contributed by atoms with E-state index in [-0.39, 0.29) is 0 Å². The Hall–Kier alpha value is -1.93. The summed E-state index contributed by atoms with van der Waals surface area (Å²) in [5, 5.41) is 0. The zero-order chi connectivity index (χ0) is 21.2. The van der Waals surface area contributed by atoms with Gasteiger partial charge < -0.3 is 4.74 Å². The number of benzene rings is 2. The molecule has 30 heavy (non-hydrogen) atoms. The molecule has 0 saturated heterocycles. The lowest BCUT2D eigenvalue weighted by molar-refractivity contribution is -0.125. The van der Waals surface area contributed by atoms with Crippen molar-refractivity contribution in [2.24, 2.45) is 0 Å². The van der Waals surface area contributed by atoms with E-state index >= 15 is 0 Å². The first-order valence-electron chi connectivity index (χ1n) is 12.1. The Labute approximate surface area is 183 Å². The second-order valence-corrected chi connectivity index (χ2v) is 8.70. The van der Waals surface area contributed by atoms with Crippen molar-refractivity contribution < 1.29 is 9.53 Å². The summed E-state index contributed by atoms with van der Waals surface area (Å²) in [6.07, 6.45) is 11.2. The van der Waals surface area contributed by atoms with Crippen LogP contribution in [-0.4, -0.2) is 19.0 Å². The third-order valence-corrected chi connectivity index (χ3v) is 6.51. The number of ether oxygens (including phenoxy) is 1. The Morgan fingerprint density at radius 3 is 1.90 bits per heavy atom. The van der Waals surface area contributed by atoms with Crippen LogP contribution >= 0.6 is 0 Å². The number of fused-ring (bicyclic) bond motifs is 3. The topological polar surface area (TPSA) is 26.3 Å². The maximum absolute atomic E-state index is 13.8. The maximum Gasteiger partial charge on any atom is 0.150 e. The first kappa shape index (κ1) is 22.7. The van der Waals surface area contributed by atoms with E-state index in [1.54, 1.807) is 0 Å². The summed E-state index contributed by atoms with van der Waals surface area (Å²) in [6.45, 7) is 5.63. The lowest BCUT2D eigenvalue weighted by atomic mass is 9.73. The van der Waals surface area contributed by atoms with E-state index in [0.29, 0.717) is 18.8 Å². The van der Waals surface area contributed by atoms with Gasteiger partial charge in [0, 0.05) is 13.0 Å².